The van der Waals surface area contributed by atoms with Crippen LogP contribution in [0, 0.1) is 0 Å². The number of nitrogens with one attached hydrogen (secondary N) is 1. The minimum absolute atomic E-state index is 0.0720. The average Bonchev–Trinajstić information content (AvgIpc) is 2.80. The molecule has 3 aromatic carbocycles. The molecule has 0 aliphatic rings. The number of carbonyl (C=O) groups excluding carboxylic acids is 1. The molecule has 0 aliphatic heterocycles. The van der Waals surface area contributed by atoms with E-state index < -0.39 is 15.9 Å². The Hall–Kier alpha value is -2.03. The lowest BCUT2D eigenvalue weighted by atomic mass is 10.1. The largest absolute Gasteiger partial charge is 0.348 e. The second kappa shape index (κ2) is 11.4. The van der Waals surface area contributed by atoms with Crippen molar-refractivity contribution in [2.45, 2.75) is 29.3 Å². The molecule has 174 valence electrons. The summed E-state index contributed by atoms with van der Waals surface area (Å²) in [5.74, 6) is -0.416. The molecule has 9 heteroatoms. The van der Waals surface area contributed by atoms with Crippen molar-refractivity contribution in [3.05, 3.63) is 94.0 Å². The van der Waals surface area contributed by atoms with Gasteiger partial charge in [0.2, 0.25) is 15.9 Å². The first-order chi connectivity index (χ1) is 15.7. The second-order valence-electron chi connectivity index (χ2n) is 7.38. The van der Waals surface area contributed by atoms with Crippen LogP contribution in [-0.4, -0.2) is 31.4 Å². The maximum atomic E-state index is 13.4. The molecule has 0 saturated heterocycles. The first-order valence-electron chi connectivity index (χ1n) is 10.1. The fourth-order valence-electron chi connectivity index (χ4n) is 3.23. The predicted molar refractivity (Wildman–Crippen MR) is 135 cm³/mol. The normalized spacial score (nSPS) is 12.5. The van der Waals surface area contributed by atoms with E-state index in [9.17, 15) is 13.2 Å². The standard InChI is InChI=1S/C24H24Cl2N2O3S2/c1-17(18-9-12-21(32-2)13-10-18)27-24(29)16-28(15-19-8-11-20(25)14-23(19)26)33(30,31)22-6-4-3-5-7-22/h3-14,17H,15-16H2,1-2H3,(H,27,29)/t17-/m0/s1. The Morgan fingerprint density at radius 3 is 2.30 bits per heavy atom. The van der Waals surface area contributed by atoms with E-state index in [2.05, 4.69) is 5.32 Å². The highest BCUT2D eigenvalue weighted by Gasteiger charge is 2.28. The smallest absolute Gasteiger partial charge is 0.243 e. The quantitative estimate of drug-likeness (QED) is 0.361. The zero-order valence-electron chi connectivity index (χ0n) is 18.2. The van der Waals surface area contributed by atoms with Crippen LogP contribution in [0.1, 0.15) is 24.1 Å². The Morgan fingerprint density at radius 1 is 1.03 bits per heavy atom. The number of halogens is 2. The molecule has 33 heavy (non-hydrogen) atoms. The van der Waals surface area contributed by atoms with Gasteiger partial charge < -0.3 is 5.32 Å². The van der Waals surface area contributed by atoms with Crippen molar-refractivity contribution in [1.29, 1.82) is 0 Å². The van der Waals surface area contributed by atoms with Crippen molar-refractivity contribution in [2.75, 3.05) is 12.8 Å². The molecule has 0 bridgehead atoms. The van der Waals surface area contributed by atoms with Crippen LogP contribution in [0.3, 0.4) is 0 Å². The summed E-state index contributed by atoms with van der Waals surface area (Å²) in [6.45, 7) is 1.43. The summed E-state index contributed by atoms with van der Waals surface area (Å²) in [7, 11) is -3.95. The van der Waals surface area contributed by atoms with Crippen LogP contribution >= 0.6 is 35.0 Å². The minimum Gasteiger partial charge on any atom is -0.348 e. The SMILES string of the molecule is CSc1ccc([C@H](C)NC(=O)CN(Cc2ccc(Cl)cc2Cl)S(=O)(=O)c2ccccc2)cc1. The van der Waals surface area contributed by atoms with E-state index in [0.29, 0.717) is 15.6 Å². The van der Waals surface area contributed by atoms with Crippen LogP contribution in [0.25, 0.3) is 0 Å². The van der Waals surface area contributed by atoms with E-state index in [0.717, 1.165) is 14.8 Å². The number of thioether (sulfide) groups is 1. The van der Waals surface area contributed by atoms with Gasteiger partial charge >= 0.3 is 0 Å². The number of hydrogen-bond acceptors (Lipinski definition) is 4. The molecular formula is C24H24Cl2N2O3S2. The van der Waals surface area contributed by atoms with Crippen LogP contribution in [0.5, 0.6) is 0 Å². The molecule has 0 spiro atoms. The summed E-state index contributed by atoms with van der Waals surface area (Å²) in [6, 6.07) is 20.4. The molecule has 0 heterocycles. The first-order valence-corrected chi connectivity index (χ1v) is 13.5. The van der Waals surface area contributed by atoms with E-state index in [1.165, 1.54) is 12.1 Å². The van der Waals surface area contributed by atoms with E-state index in [4.69, 9.17) is 23.2 Å². The molecule has 0 fully saturated rings. The Labute approximate surface area is 209 Å². The van der Waals surface area contributed by atoms with E-state index in [1.807, 2.05) is 37.4 Å². The summed E-state index contributed by atoms with van der Waals surface area (Å²) in [6.07, 6.45) is 1.99. The highest BCUT2D eigenvalue weighted by atomic mass is 35.5. The second-order valence-corrected chi connectivity index (χ2v) is 11.0. The number of hydrogen-bond donors (Lipinski definition) is 1. The topological polar surface area (TPSA) is 66.5 Å². The molecule has 3 rings (SSSR count). The van der Waals surface area contributed by atoms with Crippen molar-refractivity contribution in [3.8, 4) is 0 Å². The molecule has 0 saturated carbocycles. The third-order valence-corrected chi connectivity index (χ3v) is 8.19. The van der Waals surface area contributed by atoms with Gasteiger partial charge in [0.25, 0.3) is 0 Å². The zero-order chi connectivity index (χ0) is 24.0. The Morgan fingerprint density at radius 2 is 1.70 bits per heavy atom. The Kier molecular flexibility index (Phi) is 8.84. The van der Waals surface area contributed by atoms with Gasteiger partial charge in [0, 0.05) is 21.5 Å². The average molecular weight is 524 g/mol. The van der Waals surface area contributed by atoms with Gasteiger partial charge in [0.1, 0.15) is 0 Å². The molecule has 1 atom stereocenters. The number of sulfonamides is 1. The number of carbonyl (C=O) groups is 1. The fraction of sp³-hybridized carbons (Fsp3) is 0.208. The molecule has 0 radical (unpaired) electrons. The molecule has 5 nitrogen and oxygen atoms in total. The summed E-state index contributed by atoms with van der Waals surface area (Å²) in [5, 5.41) is 3.67. The van der Waals surface area contributed by atoms with Crippen molar-refractivity contribution >= 4 is 50.9 Å². The van der Waals surface area contributed by atoms with Crippen molar-refractivity contribution in [1.82, 2.24) is 9.62 Å². The summed E-state index contributed by atoms with van der Waals surface area (Å²) in [5.41, 5.74) is 1.48. The molecule has 0 aromatic heterocycles. The van der Waals surface area contributed by atoms with Crippen LogP contribution in [0.4, 0.5) is 0 Å². The van der Waals surface area contributed by atoms with Crippen molar-refractivity contribution < 1.29 is 13.2 Å². The Bertz CT molecular complexity index is 1200. The third-order valence-electron chi connectivity index (χ3n) is 5.06. The summed E-state index contributed by atoms with van der Waals surface area (Å²) >= 11 is 13.9. The van der Waals surface area contributed by atoms with Crippen LogP contribution in [0.2, 0.25) is 10.0 Å². The number of nitrogens with zero attached hydrogens (tertiary/aromatic N) is 1. The number of rotatable bonds is 9. The Balaban J connectivity index is 1.83. The van der Waals surface area contributed by atoms with Gasteiger partial charge in [-0.3, -0.25) is 4.79 Å². The van der Waals surface area contributed by atoms with E-state index in [-0.39, 0.29) is 24.0 Å². The van der Waals surface area contributed by atoms with Gasteiger partial charge in [-0.1, -0.05) is 59.6 Å². The van der Waals surface area contributed by atoms with Gasteiger partial charge in [-0.2, -0.15) is 4.31 Å². The molecular weight excluding hydrogens is 499 g/mol. The maximum Gasteiger partial charge on any atom is 0.243 e. The number of amides is 1. The molecule has 0 aliphatic carbocycles. The van der Waals surface area contributed by atoms with Gasteiger partial charge in [-0.25, -0.2) is 8.42 Å². The van der Waals surface area contributed by atoms with Gasteiger partial charge in [0.05, 0.1) is 17.5 Å². The monoisotopic (exact) mass is 522 g/mol. The molecule has 3 aromatic rings. The van der Waals surface area contributed by atoms with Crippen LogP contribution in [-0.2, 0) is 21.4 Å². The molecule has 0 unspecified atom stereocenters. The lowest BCUT2D eigenvalue weighted by Crippen LogP contribution is -2.41. The maximum absolute atomic E-state index is 13.4. The van der Waals surface area contributed by atoms with Crippen LogP contribution in [0.15, 0.2) is 82.6 Å². The molecule has 1 N–H and O–H groups in total. The highest BCUT2D eigenvalue weighted by Crippen LogP contribution is 2.25. The van der Waals surface area contributed by atoms with Crippen molar-refractivity contribution in [3.63, 3.8) is 0 Å². The fourth-order valence-corrected chi connectivity index (χ4v) is 5.50. The first kappa shape index (κ1) is 25.6. The number of benzene rings is 3. The zero-order valence-corrected chi connectivity index (χ0v) is 21.3. The van der Waals surface area contributed by atoms with Gasteiger partial charge in [-0.05, 0) is 60.7 Å². The lowest BCUT2D eigenvalue weighted by Gasteiger charge is -2.24. The highest BCUT2D eigenvalue weighted by molar-refractivity contribution is 7.98. The van der Waals surface area contributed by atoms with E-state index in [1.54, 1.807) is 48.2 Å². The van der Waals surface area contributed by atoms with Crippen LogP contribution < -0.4 is 5.32 Å². The van der Waals surface area contributed by atoms with Crippen molar-refractivity contribution in [2.24, 2.45) is 0 Å². The van der Waals surface area contributed by atoms with E-state index >= 15 is 0 Å². The molecule has 1 amide bonds. The minimum atomic E-state index is -3.95. The lowest BCUT2D eigenvalue weighted by molar-refractivity contribution is -0.122. The van der Waals surface area contributed by atoms with Gasteiger partial charge in [0.15, 0.2) is 0 Å². The summed E-state index contributed by atoms with van der Waals surface area (Å²) < 4.78 is 27.8. The summed E-state index contributed by atoms with van der Waals surface area (Å²) in [4.78, 5) is 14.1. The third kappa shape index (κ3) is 6.74. The predicted octanol–water partition coefficient (Wildman–Crippen LogP) is 5.78. The van der Waals surface area contributed by atoms with Gasteiger partial charge in [-0.15, -0.1) is 11.8 Å².